The molecule has 0 radical (unpaired) electrons. The number of hydrogen-bond donors (Lipinski definition) is 1. The summed E-state index contributed by atoms with van der Waals surface area (Å²) in [5.41, 5.74) is 8.24. The second kappa shape index (κ2) is 6.53. The first-order valence-electron chi connectivity index (χ1n) is 7.62. The van der Waals surface area contributed by atoms with Crippen LogP contribution >= 0.6 is 11.6 Å². The lowest BCUT2D eigenvalue weighted by molar-refractivity contribution is -0.126. The molecule has 0 aromatic heterocycles. The number of nitrogens with two attached hydrogens (primary N) is 1. The Kier molecular flexibility index (Phi) is 4.44. The summed E-state index contributed by atoms with van der Waals surface area (Å²) in [6, 6.07) is 12.2. The summed E-state index contributed by atoms with van der Waals surface area (Å²) in [6.45, 7) is 2.16. The van der Waals surface area contributed by atoms with Gasteiger partial charge in [0, 0.05) is 12.2 Å². The van der Waals surface area contributed by atoms with Crippen molar-refractivity contribution in [2.75, 3.05) is 17.2 Å². The van der Waals surface area contributed by atoms with E-state index < -0.39 is 12.1 Å². The first-order chi connectivity index (χ1) is 11.5. The first-order valence-corrected chi connectivity index (χ1v) is 8.00. The van der Waals surface area contributed by atoms with Crippen LogP contribution in [0.2, 0.25) is 5.02 Å². The number of esters is 1. The molecular formula is C18H17ClN2O3. The molecule has 0 aliphatic carbocycles. The summed E-state index contributed by atoms with van der Waals surface area (Å²) in [7, 11) is 0. The van der Waals surface area contributed by atoms with Gasteiger partial charge in [0.2, 0.25) is 0 Å². The number of ether oxygens (including phenoxy) is 1. The van der Waals surface area contributed by atoms with Gasteiger partial charge in [0.1, 0.15) is 0 Å². The molecular weight excluding hydrogens is 328 g/mol. The van der Waals surface area contributed by atoms with Crippen LogP contribution in [0.25, 0.3) is 0 Å². The maximum atomic E-state index is 12.6. The number of nitrogens with zero attached hydrogens (tertiary/aromatic N) is 1. The second-order valence-corrected chi connectivity index (χ2v) is 6.06. The maximum absolute atomic E-state index is 12.6. The SMILES string of the molecule is C[C@@H](OC(=O)c1ccc(Cl)c(N)c1)C(=O)N1CCc2ccccc21. The van der Waals surface area contributed by atoms with Crippen molar-refractivity contribution >= 4 is 34.9 Å². The molecule has 0 fully saturated rings. The van der Waals surface area contributed by atoms with Crippen LogP contribution in [-0.2, 0) is 16.0 Å². The van der Waals surface area contributed by atoms with E-state index in [0.717, 1.165) is 17.7 Å². The Balaban J connectivity index is 1.70. The van der Waals surface area contributed by atoms with E-state index in [9.17, 15) is 9.59 Å². The van der Waals surface area contributed by atoms with Crippen molar-refractivity contribution in [3.05, 3.63) is 58.6 Å². The lowest BCUT2D eigenvalue weighted by Crippen LogP contribution is -2.39. The number of halogens is 1. The average Bonchev–Trinajstić information content (AvgIpc) is 3.00. The van der Waals surface area contributed by atoms with E-state index in [1.165, 1.54) is 18.2 Å². The van der Waals surface area contributed by atoms with Crippen LogP contribution in [0.15, 0.2) is 42.5 Å². The minimum Gasteiger partial charge on any atom is -0.449 e. The summed E-state index contributed by atoms with van der Waals surface area (Å²) >= 11 is 5.84. The molecule has 0 bridgehead atoms. The van der Waals surface area contributed by atoms with Crippen molar-refractivity contribution in [1.82, 2.24) is 0 Å². The third-order valence-electron chi connectivity index (χ3n) is 4.02. The molecule has 0 saturated carbocycles. The molecule has 2 aromatic rings. The van der Waals surface area contributed by atoms with E-state index in [2.05, 4.69) is 0 Å². The molecule has 1 atom stereocenters. The summed E-state index contributed by atoms with van der Waals surface area (Å²) < 4.78 is 5.29. The number of para-hydroxylation sites is 1. The zero-order valence-electron chi connectivity index (χ0n) is 13.2. The van der Waals surface area contributed by atoms with E-state index in [1.54, 1.807) is 11.8 Å². The van der Waals surface area contributed by atoms with Gasteiger partial charge in [0.05, 0.1) is 16.3 Å². The van der Waals surface area contributed by atoms with E-state index in [4.69, 9.17) is 22.1 Å². The van der Waals surface area contributed by atoms with Gasteiger partial charge in [-0.15, -0.1) is 0 Å². The smallest absolute Gasteiger partial charge is 0.338 e. The molecule has 5 nitrogen and oxygen atoms in total. The number of fused-ring (bicyclic) bond motifs is 1. The fourth-order valence-corrected chi connectivity index (χ4v) is 2.85. The number of anilines is 2. The molecule has 24 heavy (non-hydrogen) atoms. The highest BCUT2D eigenvalue weighted by Gasteiger charge is 2.30. The van der Waals surface area contributed by atoms with Crippen molar-refractivity contribution in [2.45, 2.75) is 19.4 Å². The van der Waals surface area contributed by atoms with Crippen LogP contribution in [-0.4, -0.2) is 24.5 Å². The Bertz CT molecular complexity index is 807. The van der Waals surface area contributed by atoms with Gasteiger partial charge in [-0.25, -0.2) is 4.79 Å². The average molecular weight is 345 g/mol. The van der Waals surface area contributed by atoms with Crippen molar-refractivity contribution in [3.8, 4) is 0 Å². The largest absolute Gasteiger partial charge is 0.449 e. The molecule has 2 N–H and O–H groups in total. The van der Waals surface area contributed by atoms with E-state index >= 15 is 0 Å². The van der Waals surface area contributed by atoms with Crippen LogP contribution in [0.1, 0.15) is 22.8 Å². The third kappa shape index (κ3) is 3.08. The monoisotopic (exact) mass is 344 g/mol. The quantitative estimate of drug-likeness (QED) is 0.686. The van der Waals surface area contributed by atoms with Gasteiger partial charge in [-0.05, 0) is 43.2 Å². The number of hydrogen-bond acceptors (Lipinski definition) is 4. The van der Waals surface area contributed by atoms with Crippen molar-refractivity contribution in [2.24, 2.45) is 0 Å². The molecule has 1 amide bonds. The molecule has 6 heteroatoms. The molecule has 0 unspecified atom stereocenters. The zero-order valence-corrected chi connectivity index (χ0v) is 13.9. The molecule has 1 aliphatic rings. The predicted octanol–water partition coefficient (Wildman–Crippen LogP) is 3.06. The van der Waals surface area contributed by atoms with E-state index in [-0.39, 0.29) is 11.5 Å². The number of carbonyl (C=O) groups is 2. The highest BCUT2D eigenvalue weighted by molar-refractivity contribution is 6.33. The lowest BCUT2D eigenvalue weighted by atomic mass is 10.2. The van der Waals surface area contributed by atoms with Crippen LogP contribution in [0.4, 0.5) is 11.4 Å². The summed E-state index contributed by atoms with van der Waals surface area (Å²) in [5, 5.41) is 0.365. The molecule has 3 rings (SSSR count). The van der Waals surface area contributed by atoms with Gasteiger partial charge in [-0.1, -0.05) is 29.8 Å². The zero-order chi connectivity index (χ0) is 17.3. The molecule has 0 saturated heterocycles. The van der Waals surface area contributed by atoms with E-state index in [0.29, 0.717) is 17.3 Å². The Hall–Kier alpha value is -2.53. The normalized spacial score (nSPS) is 14.2. The fraction of sp³-hybridized carbons (Fsp3) is 0.222. The minimum absolute atomic E-state index is 0.241. The Morgan fingerprint density at radius 2 is 2.00 bits per heavy atom. The molecule has 1 heterocycles. The molecule has 124 valence electrons. The standard InChI is InChI=1S/C18H17ClN2O3/c1-11(24-18(23)13-6-7-14(19)15(20)10-13)17(22)21-9-8-12-4-2-3-5-16(12)21/h2-7,10-11H,8-9,20H2,1H3/t11-/m1/s1. The predicted molar refractivity (Wildman–Crippen MR) is 93.2 cm³/mol. The van der Waals surface area contributed by atoms with Gasteiger partial charge in [0.25, 0.3) is 5.91 Å². The fourth-order valence-electron chi connectivity index (χ4n) is 2.74. The van der Waals surface area contributed by atoms with Gasteiger partial charge >= 0.3 is 5.97 Å². The highest BCUT2D eigenvalue weighted by Crippen LogP contribution is 2.28. The number of amides is 1. The molecule has 0 spiro atoms. The van der Waals surface area contributed by atoms with Crippen LogP contribution in [0.3, 0.4) is 0 Å². The van der Waals surface area contributed by atoms with Gasteiger partial charge in [0.15, 0.2) is 6.10 Å². The van der Waals surface area contributed by atoms with Crippen molar-refractivity contribution < 1.29 is 14.3 Å². The van der Waals surface area contributed by atoms with Gasteiger partial charge < -0.3 is 15.4 Å². The van der Waals surface area contributed by atoms with Gasteiger partial charge in [-0.3, -0.25) is 4.79 Å². The summed E-state index contributed by atoms with van der Waals surface area (Å²) in [4.78, 5) is 26.4. The van der Waals surface area contributed by atoms with Crippen molar-refractivity contribution in [3.63, 3.8) is 0 Å². The maximum Gasteiger partial charge on any atom is 0.338 e. The lowest BCUT2D eigenvalue weighted by Gasteiger charge is -2.21. The topological polar surface area (TPSA) is 72.6 Å². The van der Waals surface area contributed by atoms with Crippen LogP contribution in [0, 0.1) is 0 Å². The van der Waals surface area contributed by atoms with Gasteiger partial charge in [-0.2, -0.15) is 0 Å². The van der Waals surface area contributed by atoms with Crippen LogP contribution in [0.5, 0.6) is 0 Å². The molecule has 1 aliphatic heterocycles. The number of carbonyl (C=O) groups excluding carboxylic acids is 2. The number of rotatable bonds is 3. The second-order valence-electron chi connectivity index (χ2n) is 5.65. The number of nitrogen functional groups attached to an aromatic ring is 1. The number of benzene rings is 2. The minimum atomic E-state index is -0.888. The van der Waals surface area contributed by atoms with Crippen LogP contribution < -0.4 is 10.6 Å². The molecule has 2 aromatic carbocycles. The Labute approximate surface area is 145 Å². The highest BCUT2D eigenvalue weighted by atomic mass is 35.5. The summed E-state index contributed by atoms with van der Waals surface area (Å²) in [6.07, 6.45) is -0.0865. The Morgan fingerprint density at radius 1 is 1.25 bits per heavy atom. The van der Waals surface area contributed by atoms with E-state index in [1.807, 2.05) is 24.3 Å². The Morgan fingerprint density at radius 3 is 2.75 bits per heavy atom. The third-order valence-corrected chi connectivity index (χ3v) is 4.36. The summed E-state index contributed by atoms with van der Waals surface area (Å²) in [5.74, 6) is -0.845. The first kappa shape index (κ1) is 16.3. The van der Waals surface area contributed by atoms with Crippen molar-refractivity contribution in [1.29, 1.82) is 0 Å².